The Hall–Kier alpha value is -3.33. The summed E-state index contributed by atoms with van der Waals surface area (Å²) >= 11 is 0.769. The second-order valence-electron chi connectivity index (χ2n) is 9.61. The first-order valence-electron chi connectivity index (χ1n) is 11.8. The van der Waals surface area contributed by atoms with E-state index in [0.29, 0.717) is 17.2 Å². The molecular weight excluding hydrogens is 481 g/mol. The molecule has 190 valence electrons. The first-order chi connectivity index (χ1) is 17.1. The van der Waals surface area contributed by atoms with Gasteiger partial charge in [0.25, 0.3) is 11.1 Å². The first-order valence-corrected chi connectivity index (χ1v) is 12.7. The van der Waals surface area contributed by atoms with Gasteiger partial charge in [-0.05, 0) is 74.7 Å². The quantitative estimate of drug-likeness (QED) is 0.507. The van der Waals surface area contributed by atoms with Gasteiger partial charge in [0.1, 0.15) is 18.1 Å². The third kappa shape index (κ3) is 4.84. The maximum atomic E-state index is 13.8. The Morgan fingerprint density at radius 2 is 2.00 bits per heavy atom. The van der Waals surface area contributed by atoms with E-state index in [-0.39, 0.29) is 16.1 Å². The molecule has 1 saturated heterocycles. The molecule has 2 aromatic rings. The number of amides is 3. The number of fused-ring (bicyclic) bond motifs is 1. The van der Waals surface area contributed by atoms with Crippen molar-refractivity contribution in [1.82, 2.24) is 4.90 Å². The van der Waals surface area contributed by atoms with Crippen LogP contribution < -0.4 is 15.0 Å². The van der Waals surface area contributed by atoms with E-state index in [1.807, 2.05) is 12.1 Å². The highest BCUT2D eigenvalue weighted by Gasteiger charge is 2.38. The van der Waals surface area contributed by atoms with Crippen LogP contribution in [0.2, 0.25) is 0 Å². The summed E-state index contributed by atoms with van der Waals surface area (Å²) in [6.07, 6.45) is 2.62. The zero-order valence-corrected chi connectivity index (χ0v) is 21.9. The van der Waals surface area contributed by atoms with Crippen molar-refractivity contribution in [3.05, 3.63) is 58.2 Å². The van der Waals surface area contributed by atoms with Gasteiger partial charge in [0.15, 0.2) is 0 Å². The monoisotopic (exact) mass is 511 g/mol. The topological polar surface area (TPSA) is 79.0 Å². The highest BCUT2D eigenvalue weighted by atomic mass is 32.2. The second kappa shape index (κ2) is 9.97. The predicted octanol–water partition coefficient (Wildman–Crippen LogP) is 5.62. The Kier molecular flexibility index (Phi) is 7.13. The van der Waals surface area contributed by atoms with Gasteiger partial charge in [-0.2, -0.15) is 0 Å². The molecule has 1 unspecified atom stereocenters. The van der Waals surface area contributed by atoms with Gasteiger partial charge in [-0.1, -0.05) is 19.1 Å². The molecule has 4 rings (SSSR count). The third-order valence-electron chi connectivity index (χ3n) is 6.66. The number of methoxy groups -OCH3 is 1. The van der Waals surface area contributed by atoms with E-state index in [2.05, 4.69) is 37.9 Å². The van der Waals surface area contributed by atoms with Gasteiger partial charge in [0.2, 0.25) is 5.91 Å². The standard InChI is InChI=1S/C27H30FN3O4S/c1-6-31-21-13-22(35-5)17(11-18(21)16(2)14-27(31,3)4)12-23-25(33)30(26(34)36-23)15-24(32)29-20-10-8-7-9-19(20)28/h7-13,16H,6,14-15H2,1-5H3,(H,29,32)/b23-12+. The van der Waals surface area contributed by atoms with Crippen LogP contribution in [0, 0.1) is 5.82 Å². The number of imide groups is 1. The number of nitrogens with zero attached hydrogens (tertiary/aromatic N) is 2. The van der Waals surface area contributed by atoms with Gasteiger partial charge in [0.05, 0.1) is 17.7 Å². The Labute approximate surface area is 214 Å². The number of nitrogens with one attached hydrogen (secondary N) is 1. The van der Waals surface area contributed by atoms with Crippen molar-refractivity contribution in [2.45, 2.75) is 45.6 Å². The lowest BCUT2D eigenvalue weighted by molar-refractivity contribution is -0.127. The van der Waals surface area contributed by atoms with Gasteiger partial charge < -0.3 is 15.0 Å². The molecule has 0 saturated carbocycles. The van der Waals surface area contributed by atoms with Gasteiger partial charge >= 0.3 is 0 Å². The van der Waals surface area contributed by atoms with Gasteiger partial charge in [-0.15, -0.1) is 0 Å². The van der Waals surface area contributed by atoms with E-state index in [4.69, 9.17) is 4.74 Å². The molecule has 0 spiro atoms. The number of anilines is 2. The number of carbonyl (C=O) groups excluding carboxylic acids is 3. The van der Waals surface area contributed by atoms with Crippen LogP contribution in [-0.2, 0) is 9.59 Å². The molecule has 0 bridgehead atoms. The fraction of sp³-hybridized carbons (Fsp3) is 0.370. The molecule has 1 atom stereocenters. The smallest absolute Gasteiger partial charge is 0.294 e. The van der Waals surface area contributed by atoms with Crippen LogP contribution in [0.1, 0.15) is 51.2 Å². The summed E-state index contributed by atoms with van der Waals surface area (Å²) < 4.78 is 19.5. The van der Waals surface area contributed by atoms with E-state index in [9.17, 15) is 18.8 Å². The minimum absolute atomic E-state index is 0.000409. The lowest BCUT2D eigenvalue weighted by Crippen LogP contribution is -2.48. The minimum atomic E-state index is -0.661. The number of thioether (sulfide) groups is 1. The fourth-order valence-corrected chi connectivity index (χ4v) is 5.92. The molecular formula is C27H30FN3O4S. The van der Waals surface area contributed by atoms with Gasteiger partial charge in [0, 0.05) is 29.4 Å². The average Bonchev–Trinajstić information content (AvgIpc) is 3.07. The molecule has 1 fully saturated rings. The van der Waals surface area contributed by atoms with Crippen molar-refractivity contribution in [3.63, 3.8) is 0 Å². The molecule has 0 radical (unpaired) electrons. The molecule has 2 aromatic carbocycles. The molecule has 2 heterocycles. The van der Waals surface area contributed by atoms with E-state index >= 15 is 0 Å². The van der Waals surface area contributed by atoms with Crippen LogP contribution in [0.4, 0.5) is 20.6 Å². The fourth-order valence-electron chi connectivity index (χ4n) is 5.09. The maximum Gasteiger partial charge on any atom is 0.294 e. The zero-order valence-electron chi connectivity index (χ0n) is 21.1. The lowest BCUT2D eigenvalue weighted by atomic mass is 9.79. The number of halogens is 1. The molecule has 7 nitrogen and oxygen atoms in total. The van der Waals surface area contributed by atoms with E-state index < -0.39 is 29.4 Å². The highest BCUT2D eigenvalue weighted by Crippen LogP contribution is 2.46. The number of benzene rings is 2. The van der Waals surface area contributed by atoms with Gasteiger partial charge in [-0.3, -0.25) is 19.3 Å². The van der Waals surface area contributed by atoms with E-state index in [0.717, 1.165) is 40.9 Å². The van der Waals surface area contributed by atoms with Crippen molar-refractivity contribution < 1.29 is 23.5 Å². The van der Waals surface area contributed by atoms with Crippen molar-refractivity contribution in [2.75, 3.05) is 30.4 Å². The minimum Gasteiger partial charge on any atom is -0.496 e. The van der Waals surface area contributed by atoms with E-state index in [1.165, 1.54) is 18.2 Å². The van der Waals surface area contributed by atoms with Crippen LogP contribution in [0.5, 0.6) is 5.75 Å². The number of ether oxygens (including phenoxy) is 1. The third-order valence-corrected chi connectivity index (χ3v) is 7.57. The number of hydrogen-bond acceptors (Lipinski definition) is 6. The summed E-state index contributed by atoms with van der Waals surface area (Å²) in [5, 5.41) is 1.85. The van der Waals surface area contributed by atoms with Crippen molar-refractivity contribution in [3.8, 4) is 5.75 Å². The summed E-state index contributed by atoms with van der Waals surface area (Å²) in [5.74, 6) is -0.934. The maximum absolute atomic E-state index is 13.8. The molecule has 1 N–H and O–H groups in total. The number of hydrogen-bond donors (Lipinski definition) is 1. The summed E-state index contributed by atoms with van der Waals surface area (Å²) in [6.45, 7) is 9.12. The van der Waals surface area contributed by atoms with E-state index in [1.54, 1.807) is 19.3 Å². The molecule has 3 amide bonds. The Balaban J connectivity index is 1.59. The number of para-hydroxylation sites is 1. The summed E-state index contributed by atoms with van der Waals surface area (Å²) in [5.41, 5.74) is 2.95. The SMILES string of the molecule is CCN1c2cc(OC)c(/C=C3/SC(=O)N(CC(=O)Nc4ccccc4F)C3=O)cc2C(C)CC1(C)C. The molecule has 2 aliphatic rings. The Morgan fingerprint density at radius 1 is 1.28 bits per heavy atom. The second-order valence-corrected chi connectivity index (χ2v) is 10.6. The first kappa shape index (κ1) is 25.8. The van der Waals surface area contributed by atoms with Crippen molar-refractivity contribution in [1.29, 1.82) is 0 Å². The molecule has 0 aromatic heterocycles. The average molecular weight is 512 g/mol. The predicted molar refractivity (Wildman–Crippen MR) is 141 cm³/mol. The molecule has 9 heteroatoms. The van der Waals surface area contributed by atoms with Crippen LogP contribution in [0.25, 0.3) is 6.08 Å². The number of rotatable bonds is 6. The largest absolute Gasteiger partial charge is 0.496 e. The number of carbonyl (C=O) groups is 3. The lowest BCUT2D eigenvalue weighted by Gasteiger charge is -2.47. The van der Waals surface area contributed by atoms with Crippen LogP contribution in [0.3, 0.4) is 0 Å². The Bertz CT molecular complexity index is 1260. The molecule has 2 aliphatic heterocycles. The summed E-state index contributed by atoms with van der Waals surface area (Å²) in [6, 6.07) is 9.72. The normalized spacial score (nSPS) is 20.1. The van der Waals surface area contributed by atoms with Crippen molar-refractivity contribution >= 4 is 46.3 Å². The summed E-state index contributed by atoms with van der Waals surface area (Å²) in [4.78, 5) is 41.4. The van der Waals surface area contributed by atoms with Crippen LogP contribution in [-0.4, -0.2) is 47.7 Å². The molecule has 36 heavy (non-hydrogen) atoms. The van der Waals surface area contributed by atoms with Crippen LogP contribution >= 0.6 is 11.8 Å². The van der Waals surface area contributed by atoms with Crippen molar-refractivity contribution in [2.24, 2.45) is 0 Å². The molecule has 0 aliphatic carbocycles. The van der Waals surface area contributed by atoms with Crippen LogP contribution in [0.15, 0.2) is 41.3 Å². The highest BCUT2D eigenvalue weighted by molar-refractivity contribution is 8.18. The Morgan fingerprint density at radius 3 is 2.67 bits per heavy atom. The van der Waals surface area contributed by atoms with Gasteiger partial charge in [-0.25, -0.2) is 4.39 Å². The zero-order chi connectivity index (χ0) is 26.2. The summed E-state index contributed by atoms with van der Waals surface area (Å²) in [7, 11) is 1.57.